The largest absolute Gasteiger partial charge is 0.357 e. The zero-order valence-electron chi connectivity index (χ0n) is 14.5. The summed E-state index contributed by atoms with van der Waals surface area (Å²) in [6, 6.07) is 7.38. The van der Waals surface area contributed by atoms with Crippen molar-refractivity contribution in [2.75, 3.05) is 18.4 Å². The Balaban J connectivity index is 1.44. The number of halogens is 1. The number of piperidine rings is 1. The second kappa shape index (κ2) is 6.72. The van der Waals surface area contributed by atoms with E-state index in [1.54, 1.807) is 17.4 Å². The van der Waals surface area contributed by atoms with Crippen LogP contribution in [0.15, 0.2) is 24.3 Å². The van der Waals surface area contributed by atoms with Gasteiger partial charge in [-0.25, -0.2) is 14.1 Å². The normalized spacial score (nSPS) is 18.8. The average molecular weight is 359 g/mol. The van der Waals surface area contributed by atoms with E-state index in [9.17, 15) is 4.39 Å². The van der Waals surface area contributed by atoms with Crippen LogP contribution in [-0.2, 0) is 13.6 Å². The van der Waals surface area contributed by atoms with E-state index < -0.39 is 0 Å². The molecule has 4 rings (SSSR count). The molecule has 0 saturated carbocycles. The number of anilines is 1. The minimum atomic E-state index is -0.119. The van der Waals surface area contributed by atoms with Crippen molar-refractivity contribution in [3.05, 3.63) is 41.3 Å². The lowest BCUT2D eigenvalue weighted by Gasteiger charge is -2.33. The van der Waals surface area contributed by atoms with Crippen LogP contribution in [0.3, 0.4) is 0 Å². The van der Waals surface area contributed by atoms with Crippen molar-refractivity contribution in [1.82, 2.24) is 19.7 Å². The van der Waals surface area contributed by atoms with Crippen LogP contribution in [0.1, 0.15) is 24.1 Å². The molecule has 3 heterocycles. The van der Waals surface area contributed by atoms with E-state index in [4.69, 9.17) is 0 Å². The topological polar surface area (TPSA) is 46.0 Å². The molecule has 0 aliphatic carbocycles. The van der Waals surface area contributed by atoms with Gasteiger partial charge in [0.05, 0.1) is 10.4 Å². The molecule has 1 fully saturated rings. The molecule has 1 aromatic carbocycles. The maximum atomic E-state index is 13.9. The summed E-state index contributed by atoms with van der Waals surface area (Å²) < 4.78 is 16.9. The number of nitrogens with zero attached hydrogens (tertiary/aromatic N) is 4. The molecule has 132 valence electrons. The predicted molar refractivity (Wildman–Crippen MR) is 99.4 cm³/mol. The number of nitrogens with one attached hydrogen (secondary N) is 1. The van der Waals surface area contributed by atoms with E-state index in [1.165, 1.54) is 6.07 Å². The van der Waals surface area contributed by atoms with Gasteiger partial charge in [-0.15, -0.1) is 0 Å². The van der Waals surface area contributed by atoms with Crippen molar-refractivity contribution in [3.63, 3.8) is 0 Å². The third kappa shape index (κ3) is 3.39. The number of rotatable bonds is 4. The lowest BCUT2D eigenvalue weighted by atomic mass is 10.0. The molecule has 0 bridgehead atoms. The van der Waals surface area contributed by atoms with Crippen LogP contribution in [-0.4, -0.2) is 38.8 Å². The Bertz CT molecular complexity index is 852. The minimum Gasteiger partial charge on any atom is -0.357 e. The van der Waals surface area contributed by atoms with Crippen molar-refractivity contribution in [1.29, 1.82) is 0 Å². The van der Waals surface area contributed by atoms with E-state index in [1.807, 2.05) is 30.8 Å². The molecule has 7 heteroatoms. The molecule has 0 radical (unpaired) electrons. The van der Waals surface area contributed by atoms with Gasteiger partial charge in [0.1, 0.15) is 5.82 Å². The highest BCUT2D eigenvalue weighted by molar-refractivity contribution is 7.22. The summed E-state index contributed by atoms with van der Waals surface area (Å²) in [4.78, 5) is 7.00. The summed E-state index contributed by atoms with van der Waals surface area (Å²) in [7, 11) is 1.93. The van der Waals surface area contributed by atoms with Gasteiger partial charge in [-0.3, -0.25) is 4.90 Å². The number of hydrogen-bond donors (Lipinski definition) is 1. The molecule has 1 aliphatic rings. The van der Waals surface area contributed by atoms with E-state index in [2.05, 4.69) is 20.3 Å². The molecule has 3 aromatic rings. The Hall–Kier alpha value is -1.99. The molecule has 5 nitrogen and oxygen atoms in total. The highest BCUT2D eigenvalue weighted by Crippen LogP contribution is 2.29. The van der Waals surface area contributed by atoms with Crippen LogP contribution < -0.4 is 5.32 Å². The predicted octanol–water partition coefficient (Wildman–Crippen LogP) is 3.55. The highest BCUT2D eigenvalue weighted by atomic mass is 32.1. The van der Waals surface area contributed by atoms with Gasteiger partial charge in [0.2, 0.25) is 0 Å². The summed E-state index contributed by atoms with van der Waals surface area (Å²) in [5.74, 6) is -0.119. The zero-order valence-corrected chi connectivity index (χ0v) is 15.3. The third-order valence-electron chi connectivity index (χ3n) is 4.73. The quantitative estimate of drug-likeness (QED) is 0.774. The lowest BCUT2D eigenvalue weighted by molar-refractivity contribution is 0.206. The van der Waals surface area contributed by atoms with Gasteiger partial charge in [0.25, 0.3) is 0 Å². The summed E-state index contributed by atoms with van der Waals surface area (Å²) in [6.07, 6.45) is 2.22. The number of likely N-dealkylation sites (tertiary alicyclic amines) is 1. The van der Waals surface area contributed by atoms with Crippen molar-refractivity contribution in [3.8, 4) is 0 Å². The van der Waals surface area contributed by atoms with Crippen molar-refractivity contribution < 1.29 is 4.39 Å². The number of hydrogen-bond acceptors (Lipinski definition) is 5. The number of benzene rings is 1. The third-order valence-corrected chi connectivity index (χ3v) is 5.81. The van der Waals surface area contributed by atoms with Crippen LogP contribution in [0.5, 0.6) is 0 Å². The van der Waals surface area contributed by atoms with E-state index in [-0.39, 0.29) is 5.82 Å². The summed E-state index contributed by atoms with van der Waals surface area (Å²) >= 11 is 1.66. The first-order valence-corrected chi connectivity index (χ1v) is 9.44. The maximum Gasteiger partial charge on any atom is 0.185 e. The number of aromatic nitrogens is 3. The summed E-state index contributed by atoms with van der Waals surface area (Å²) in [5, 5.41) is 8.92. The smallest absolute Gasteiger partial charge is 0.185 e. The highest BCUT2D eigenvalue weighted by Gasteiger charge is 2.22. The van der Waals surface area contributed by atoms with Gasteiger partial charge in [-0.2, -0.15) is 5.10 Å². The van der Waals surface area contributed by atoms with E-state index in [0.29, 0.717) is 12.6 Å². The molecule has 1 atom stereocenters. The minimum absolute atomic E-state index is 0.119. The first-order valence-electron chi connectivity index (χ1n) is 8.62. The first-order chi connectivity index (χ1) is 12.1. The fraction of sp³-hybridized carbons (Fsp3) is 0.444. The van der Waals surface area contributed by atoms with Gasteiger partial charge in [0.15, 0.2) is 10.8 Å². The maximum absolute atomic E-state index is 13.9. The van der Waals surface area contributed by atoms with Crippen LogP contribution in [0.25, 0.3) is 10.3 Å². The van der Waals surface area contributed by atoms with Gasteiger partial charge in [-0.05, 0) is 32.4 Å². The lowest BCUT2D eigenvalue weighted by Crippen LogP contribution is -2.41. The second-order valence-corrected chi connectivity index (χ2v) is 7.69. The Labute approximate surface area is 150 Å². The Morgan fingerprint density at radius 1 is 1.36 bits per heavy atom. The first kappa shape index (κ1) is 16.5. The Morgan fingerprint density at radius 3 is 3.00 bits per heavy atom. The molecular weight excluding hydrogens is 337 g/mol. The number of aryl methyl sites for hydroxylation is 2. The van der Waals surface area contributed by atoms with Crippen molar-refractivity contribution in [2.45, 2.75) is 32.4 Å². The van der Waals surface area contributed by atoms with Gasteiger partial charge in [-0.1, -0.05) is 29.5 Å². The fourth-order valence-electron chi connectivity index (χ4n) is 3.51. The van der Waals surface area contributed by atoms with E-state index in [0.717, 1.165) is 52.7 Å². The molecule has 0 amide bonds. The van der Waals surface area contributed by atoms with E-state index >= 15 is 0 Å². The molecule has 1 saturated heterocycles. The second-order valence-electron chi connectivity index (χ2n) is 6.69. The average Bonchev–Trinajstić information content (AvgIpc) is 3.11. The zero-order chi connectivity index (χ0) is 17.4. The van der Waals surface area contributed by atoms with Crippen LogP contribution in [0.4, 0.5) is 9.52 Å². The van der Waals surface area contributed by atoms with Crippen LogP contribution in [0.2, 0.25) is 0 Å². The molecule has 2 aromatic heterocycles. The van der Waals surface area contributed by atoms with Crippen molar-refractivity contribution in [2.24, 2.45) is 7.05 Å². The molecule has 1 aliphatic heterocycles. The molecule has 0 spiro atoms. The monoisotopic (exact) mass is 359 g/mol. The molecular formula is C18H22FN5S. The van der Waals surface area contributed by atoms with Crippen LogP contribution in [0, 0.1) is 12.7 Å². The molecule has 25 heavy (non-hydrogen) atoms. The number of fused-ring (bicyclic) bond motifs is 1. The fourth-order valence-corrected chi connectivity index (χ4v) is 4.51. The standard InChI is InChI=1S/C18H22FN5S/c1-12-16-17(23(2)22-12)21-18(25-16)20-14-7-5-9-24(11-14)10-13-6-3-4-8-15(13)19/h3-4,6,8,14H,5,7,9-11H2,1-2H3,(H,20,21)/t14-/m1/s1. The SMILES string of the molecule is Cc1nn(C)c2nc(N[C@@H]3CCCN(Cc4ccccc4F)C3)sc12. The number of thiazole rings is 1. The molecule has 0 unspecified atom stereocenters. The van der Waals surface area contributed by atoms with Crippen molar-refractivity contribution >= 4 is 26.8 Å². The Morgan fingerprint density at radius 2 is 2.20 bits per heavy atom. The van der Waals surface area contributed by atoms with Gasteiger partial charge < -0.3 is 5.32 Å². The Kier molecular flexibility index (Phi) is 4.43. The summed E-state index contributed by atoms with van der Waals surface area (Å²) in [5.41, 5.74) is 2.72. The van der Waals surface area contributed by atoms with Gasteiger partial charge >= 0.3 is 0 Å². The molecule has 1 N–H and O–H groups in total. The van der Waals surface area contributed by atoms with Crippen LogP contribution >= 0.6 is 11.3 Å². The van der Waals surface area contributed by atoms with Gasteiger partial charge in [0, 0.05) is 31.7 Å². The summed E-state index contributed by atoms with van der Waals surface area (Å²) in [6.45, 7) is 4.59.